The molecular formula is C14H26N2O2. The van der Waals surface area contributed by atoms with Crippen LogP contribution in [0.5, 0.6) is 0 Å². The third kappa shape index (κ3) is 2.86. The highest BCUT2D eigenvalue weighted by molar-refractivity contribution is 5.81. The van der Waals surface area contributed by atoms with E-state index >= 15 is 0 Å². The minimum absolute atomic E-state index is 0.113. The highest BCUT2D eigenvalue weighted by Gasteiger charge is 2.49. The Hall–Kier alpha value is -0.610. The molecule has 2 aliphatic carbocycles. The molecule has 3 atom stereocenters. The largest absolute Gasteiger partial charge is 0.378 e. The van der Waals surface area contributed by atoms with Gasteiger partial charge in [0.25, 0.3) is 0 Å². The summed E-state index contributed by atoms with van der Waals surface area (Å²) in [5.74, 6) is 0.133. The predicted molar refractivity (Wildman–Crippen MR) is 71.4 cm³/mol. The fourth-order valence-corrected chi connectivity index (χ4v) is 2.58. The van der Waals surface area contributed by atoms with Crippen molar-refractivity contribution in [2.24, 2.45) is 5.41 Å². The van der Waals surface area contributed by atoms with Gasteiger partial charge in [-0.1, -0.05) is 13.8 Å². The van der Waals surface area contributed by atoms with Crippen molar-refractivity contribution in [3.8, 4) is 0 Å². The summed E-state index contributed by atoms with van der Waals surface area (Å²) in [5, 5.41) is 6.47. The maximum absolute atomic E-state index is 11.9. The van der Waals surface area contributed by atoms with Gasteiger partial charge in [0.2, 0.25) is 5.91 Å². The molecule has 2 rings (SSSR count). The van der Waals surface area contributed by atoms with Gasteiger partial charge in [-0.2, -0.15) is 0 Å². The van der Waals surface area contributed by atoms with E-state index in [1.165, 1.54) is 0 Å². The van der Waals surface area contributed by atoms with E-state index in [0.717, 1.165) is 25.9 Å². The van der Waals surface area contributed by atoms with Crippen LogP contribution in [-0.2, 0) is 9.53 Å². The van der Waals surface area contributed by atoms with Gasteiger partial charge in [0.1, 0.15) is 0 Å². The van der Waals surface area contributed by atoms with Crippen LogP contribution in [0.15, 0.2) is 0 Å². The smallest absolute Gasteiger partial charge is 0.237 e. The fraction of sp³-hybridized carbons (Fsp3) is 0.929. The highest BCUT2D eigenvalue weighted by Crippen LogP contribution is 2.42. The number of carbonyl (C=O) groups is 1. The molecule has 0 bridgehead atoms. The molecule has 0 radical (unpaired) electrons. The van der Waals surface area contributed by atoms with Crippen molar-refractivity contribution in [3.05, 3.63) is 0 Å². The van der Waals surface area contributed by atoms with Crippen LogP contribution < -0.4 is 10.6 Å². The molecule has 104 valence electrons. The fourth-order valence-electron chi connectivity index (χ4n) is 2.58. The van der Waals surface area contributed by atoms with Crippen LogP contribution in [0.3, 0.4) is 0 Å². The van der Waals surface area contributed by atoms with Crippen molar-refractivity contribution in [2.45, 2.75) is 71.2 Å². The molecule has 4 heteroatoms. The van der Waals surface area contributed by atoms with Gasteiger partial charge >= 0.3 is 0 Å². The lowest BCUT2D eigenvalue weighted by atomic mass is 9.64. The molecule has 2 aliphatic rings. The number of hydrogen-bond donors (Lipinski definition) is 2. The SMILES string of the molecule is CCOC1CC(NC(C)C(=O)NC2CC2)C1(C)C. The molecule has 0 aromatic carbocycles. The summed E-state index contributed by atoms with van der Waals surface area (Å²) >= 11 is 0. The molecule has 2 fully saturated rings. The van der Waals surface area contributed by atoms with Gasteiger partial charge < -0.3 is 15.4 Å². The van der Waals surface area contributed by atoms with E-state index in [-0.39, 0.29) is 17.4 Å². The Morgan fingerprint density at radius 1 is 1.44 bits per heavy atom. The zero-order chi connectivity index (χ0) is 13.3. The molecule has 1 amide bonds. The van der Waals surface area contributed by atoms with Crippen molar-refractivity contribution in [1.82, 2.24) is 10.6 Å². The molecule has 0 spiro atoms. The third-order valence-corrected chi connectivity index (χ3v) is 4.31. The molecule has 2 saturated carbocycles. The number of ether oxygens (including phenoxy) is 1. The topological polar surface area (TPSA) is 50.4 Å². The van der Waals surface area contributed by atoms with Gasteiger partial charge in [-0.3, -0.25) is 4.79 Å². The maximum Gasteiger partial charge on any atom is 0.237 e. The standard InChI is InChI=1S/C14H26N2O2/c1-5-18-12-8-11(14(12,3)4)15-9(2)13(17)16-10-6-7-10/h9-12,15H,5-8H2,1-4H3,(H,16,17). The number of amides is 1. The molecule has 0 saturated heterocycles. The maximum atomic E-state index is 11.9. The monoisotopic (exact) mass is 254 g/mol. The van der Waals surface area contributed by atoms with E-state index in [4.69, 9.17) is 4.74 Å². The van der Waals surface area contributed by atoms with Gasteiger partial charge in [-0.15, -0.1) is 0 Å². The summed E-state index contributed by atoms with van der Waals surface area (Å²) in [7, 11) is 0. The highest BCUT2D eigenvalue weighted by atomic mass is 16.5. The van der Waals surface area contributed by atoms with Crippen molar-refractivity contribution in [1.29, 1.82) is 0 Å². The van der Waals surface area contributed by atoms with Crippen molar-refractivity contribution < 1.29 is 9.53 Å². The van der Waals surface area contributed by atoms with Gasteiger partial charge in [-0.05, 0) is 33.1 Å². The zero-order valence-electron chi connectivity index (χ0n) is 12.0. The van der Waals surface area contributed by atoms with Crippen LogP contribution in [-0.4, -0.2) is 36.7 Å². The first kappa shape index (κ1) is 13.8. The molecule has 0 aromatic heterocycles. The Morgan fingerprint density at radius 3 is 2.61 bits per heavy atom. The second-order valence-electron chi connectivity index (χ2n) is 6.22. The number of nitrogens with one attached hydrogen (secondary N) is 2. The van der Waals surface area contributed by atoms with Crippen molar-refractivity contribution in [3.63, 3.8) is 0 Å². The van der Waals surface area contributed by atoms with E-state index in [2.05, 4.69) is 24.5 Å². The molecular weight excluding hydrogens is 228 g/mol. The van der Waals surface area contributed by atoms with Crippen LogP contribution in [0.1, 0.15) is 47.0 Å². The quantitative estimate of drug-likeness (QED) is 0.754. The lowest BCUT2D eigenvalue weighted by Crippen LogP contribution is -2.64. The second-order valence-corrected chi connectivity index (χ2v) is 6.22. The molecule has 18 heavy (non-hydrogen) atoms. The van der Waals surface area contributed by atoms with E-state index in [1.54, 1.807) is 0 Å². The average Bonchev–Trinajstić information content (AvgIpc) is 3.11. The van der Waals surface area contributed by atoms with Crippen LogP contribution in [0.4, 0.5) is 0 Å². The number of hydrogen-bond acceptors (Lipinski definition) is 3. The Kier molecular flexibility index (Phi) is 3.97. The zero-order valence-corrected chi connectivity index (χ0v) is 12.0. The van der Waals surface area contributed by atoms with E-state index in [0.29, 0.717) is 18.2 Å². The van der Waals surface area contributed by atoms with E-state index in [1.807, 2.05) is 13.8 Å². The van der Waals surface area contributed by atoms with Crippen molar-refractivity contribution in [2.75, 3.05) is 6.61 Å². The molecule has 0 heterocycles. The third-order valence-electron chi connectivity index (χ3n) is 4.31. The molecule has 2 N–H and O–H groups in total. The van der Waals surface area contributed by atoms with E-state index in [9.17, 15) is 4.79 Å². The molecule has 4 nitrogen and oxygen atoms in total. The van der Waals surface area contributed by atoms with Gasteiger partial charge in [0.05, 0.1) is 12.1 Å². The summed E-state index contributed by atoms with van der Waals surface area (Å²) in [6.45, 7) is 9.16. The average molecular weight is 254 g/mol. The van der Waals surface area contributed by atoms with Gasteiger partial charge in [0, 0.05) is 24.1 Å². The Morgan fingerprint density at radius 2 is 2.11 bits per heavy atom. The van der Waals surface area contributed by atoms with Crippen LogP contribution in [0, 0.1) is 5.41 Å². The van der Waals surface area contributed by atoms with Crippen molar-refractivity contribution >= 4 is 5.91 Å². The first-order valence-corrected chi connectivity index (χ1v) is 7.13. The molecule has 0 aromatic rings. The van der Waals surface area contributed by atoms with E-state index < -0.39 is 0 Å². The molecule has 0 aliphatic heterocycles. The van der Waals surface area contributed by atoms with Gasteiger partial charge in [0.15, 0.2) is 0 Å². The minimum Gasteiger partial charge on any atom is -0.378 e. The van der Waals surface area contributed by atoms with Crippen LogP contribution in [0.25, 0.3) is 0 Å². The van der Waals surface area contributed by atoms with Crippen LogP contribution in [0.2, 0.25) is 0 Å². The Balaban J connectivity index is 1.77. The normalized spacial score (nSPS) is 31.6. The minimum atomic E-state index is -0.113. The first-order valence-electron chi connectivity index (χ1n) is 7.13. The summed E-state index contributed by atoms with van der Waals surface area (Å²) in [4.78, 5) is 11.9. The lowest BCUT2D eigenvalue weighted by molar-refractivity contribution is -0.130. The Bertz CT molecular complexity index is 313. The number of carbonyl (C=O) groups excluding carboxylic acids is 1. The first-order chi connectivity index (χ1) is 8.45. The van der Waals surface area contributed by atoms with Gasteiger partial charge in [-0.25, -0.2) is 0 Å². The Labute approximate surface area is 110 Å². The summed E-state index contributed by atoms with van der Waals surface area (Å²) in [6, 6.07) is 0.693. The van der Waals surface area contributed by atoms with Crippen LogP contribution >= 0.6 is 0 Å². The predicted octanol–water partition coefficient (Wildman–Crippen LogP) is 1.45. The summed E-state index contributed by atoms with van der Waals surface area (Å²) < 4.78 is 5.70. The summed E-state index contributed by atoms with van der Waals surface area (Å²) in [5.41, 5.74) is 0.115. The number of rotatable bonds is 6. The second kappa shape index (κ2) is 5.17. The summed E-state index contributed by atoms with van der Waals surface area (Å²) in [6.07, 6.45) is 3.60. The molecule has 3 unspecified atom stereocenters. The lowest BCUT2D eigenvalue weighted by Gasteiger charge is -2.52.